The minimum absolute atomic E-state index is 0.0412. The van der Waals surface area contributed by atoms with Crippen molar-refractivity contribution in [1.29, 1.82) is 0 Å². The van der Waals surface area contributed by atoms with E-state index in [0.29, 0.717) is 35.6 Å². The summed E-state index contributed by atoms with van der Waals surface area (Å²) in [5.74, 6) is 2.29. The average molecular weight is 439 g/mol. The molecule has 10 heteroatoms. The summed E-state index contributed by atoms with van der Waals surface area (Å²) in [6.07, 6.45) is 0. The quantitative estimate of drug-likeness (QED) is 0.527. The van der Waals surface area contributed by atoms with Gasteiger partial charge in [-0.15, -0.1) is 0 Å². The molecule has 0 saturated carbocycles. The molecule has 1 aliphatic heterocycles. The standard InChI is InChI=1S/C16H24Cl2N4O2S2/c1-12(13-3-4-14(17)15(18)11-13)21-16(19-2)20-5-10-26(23,24)22-6-8-25-9-7-22/h3-4,11-12H,5-10H2,1-2H3,(H2,19,20,21). The van der Waals surface area contributed by atoms with Crippen molar-refractivity contribution in [1.82, 2.24) is 14.9 Å². The van der Waals surface area contributed by atoms with Crippen LogP contribution in [-0.4, -0.2) is 62.6 Å². The van der Waals surface area contributed by atoms with Crippen LogP contribution in [0, 0.1) is 0 Å². The smallest absolute Gasteiger partial charge is 0.215 e. The fraction of sp³-hybridized carbons (Fsp3) is 0.562. The van der Waals surface area contributed by atoms with Crippen LogP contribution in [0.1, 0.15) is 18.5 Å². The summed E-state index contributed by atoms with van der Waals surface area (Å²) in [4.78, 5) is 4.15. The van der Waals surface area contributed by atoms with E-state index < -0.39 is 10.0 Å². The molecule has 1 saturated heterocycles. The molecule has 6 nitrogen and oxygen atoms in total. The van der Waals surface area contributed by atoms with Crippen molar-refractivity contribution >= 4 is 50.9 Å². The molecule has 0 aliphatic carbocycles. The summed E-state index contributed by atoms with van der Waals surface area (Å²) in [6.45, 7) is 3.44. The summed E-state index contributed by atoms with van der Waals surface area (Å²) in [7, 11) is -1.59. The third kappa shape index (κ3) is 6.20. The van der Waals surface area contributed by atoms with Gasteiger partial charge < -0.3 is 10.6 Å². The van der Waals surface area contributed by atoms with E-state index in [1.54, 1.807) is 35.2 Å². The Kier molecular flexibility index (Phi) is 8.35. The highest BCUT2D eigenvalue weighted by Crippen LogP contribution is 2.25. The first-order valence-electron chi connectivity index (χ1n) is 8.31. The van der Waals surface area contributed by atoms with E-state index in [-0.39, 0.29) is 11.8 Å². The van der Waals surface area contributed by atoms with Gasteiger partial charge in [-0.25, -0.2) is 12.7 Å². The second-order valence-corrected chi connectivity index (χ2v) is 9.99. The van der Waals surface area contributed by atoms with Crippen LogP contribution in [0.15, 0.2) is 23.2 Å². The number of sulfonamides is 1. The molecule has 1 aromatic carbocycles. The zero-order valence-corrected chi connectivity index (χ0v) is 18.0. The van der Waals surface area contributed by atoms with Crippen molar-refractivity contribution in [2.24, 2.45) is 4.99 Å². The monoisotopic (exact) mass is 438 g/mol. The second kappa shape index (κ2) is 10.0. The average Bonchev–Trinajstić information content (AvgIpc) is 2.63. The van der Waals surface area contributed by atoms with Crippen molar-refractivity contribution < 1.29 is 8.42 Å². The van der Waals surface area contributed by atoms with Crippen LogP contribution in [0.2, 0.25) is 10.0 Å². The number of nitrogens with one attached hydrogen (secondary N) is 2. The molecule has 2 N–H and O–H groups in total. The van der Waals surface area contributed by atoms with E-state index >= 15 is 0 Å². The zero-order chi connectivity index (χ0) is 19.2. The molecule has 1 unspecified atom stereocenters. The highest BCUT2D eigenvalue weighted by Gasteiger charge is 2.23. The van der Waals surface area contributed by atoms with Gasteiger partial charge in [0.1, 0.15) is 0 Å². The van der Waals surface area contributed by atoms with Crippen LogP contribution in [0.3, 0.4) is 0 Å². The maximum atomic E-state index is 12.4. The van der Waals surface area contributed by atoms with Gasteiger partial charge in [-0.3, -0.25) is 4.99 Å². The molecule has 1 aliphatic rings. The normalized spacial score (nSPS) is 17.8. The van der Waals surface area contributed by atoms with E-state index in [1.807, 2.05) is 13.0 Å². The van der Waals surface area contributed by atoms with Gasteiger partial charge in [0, 0.05) is 38.2 Å². The number of benzene rings is 1. The van der Waals surface area contributed by atoms with Crippen molar-refractivity contribution in [2.75, 3.05) is 43.9 Å². The van der Waals surface area contributed by atoms with Gasteiger partial charge in [0.05, 0.1) is 21.8 Å². The second-order valence-electron chi connectivity index (χ2n) is 5.87. The molecule has 1 atom stereocenters. The van der Waals surface area contributed by atoms with E-state index in [0.717, 1.165) is 17.1 Å². The topological polar surface area (TPSA) is 73.8 Å². The number of hydrogen-bond acceptors (Lipinski definition) is 4. The molecule has 26 heavy (non-hydrogen) atoms. The molecule has 0 spiro atoms. The summed E-state index contributed by atoms with van der Waals surface area (Å²) < 4.78 is 26.3. The van der Waals surface area contributed by atoms with Crippen LogP contribution in [0.25, 0.3) is 0 Å². The van der Waals surface area contributed by atoms with Gasteiger partial charge in [-0.05, 0) is 24.6 Å². The van der Waals surface area contributed by atoms with Gasteiger partial charge in [0.25, 0.3) is 0 Å². The lowest BCUT2D eigenvalue weighted by Crippen LogP contribution is -2.44. The lowest BCUT2D eigenvalue weighted by atomic mass is 10.1. The van der Waals surface area contributed by atoms with E-state index in [2.05, 4.69) is 15.6 Å². The third-order valence-electron chi connectivity index (χ3n) is 4.04. The zero-order valence-electron chi connectivity index (χ0n) is 14.8. The largest absolute Gasteiger partial charge is 0.355 e. The van der Waals surface area contributed by atoms with Crippen molar-refractivity contribution in [3.63, 3.8) is 0 Å². The Balaban J connectivity index is 1.86. The fourth-order valence-electron chi connectivity index (χ4n) is 2.52. The highest BCUT2D eigenvalue weighted by atomic mass is 35.5. The van der Waals surface area contributed by atoms with Crippen molar-refractivity contribution in [3.8, 4) is 0 Å². The van der Waals surface area contributed by atoms with Crippen LogP contribution in [0.4, 0.5) is 0 Å². The van der Waals surface area contributed by atoms with Crippen LogP contribution >= 0.6 is 35.0 Å². The lowest BCUT2D eigenvalue weighted by molar-refractivity contribution is 0.443. The summed E-state index contributed by atoms with van der Waals surface area (Å²) in [5.41, 5.74) is 0.959. The van der Waals surface area contributed by atoms with Crippen molar-refractivity contribution in [2.45, 2.75) is 13.0 Å². The Labute approximate surface area is 169 Å². The molecule has 0 radical (unpaired) electrons. The number of guanidine groups is 1. The summed E-state index contributed by atoms with van der Waals surface area (Å²) >= 11 is 13.8. The molecule has 1 heterocycles. The number of rotatable bonds is 6. The first-order valence-corrected chi connectivity index (χ1v) is 11.8. The molecule has 0 aromatic heterocycles. The van der Waals surface area contributed by atoms with Crippen LogP contribution in [0.5, 0.6) is 0 Å². The lowest BCUT2D eigenvalue weighted by Gasteiger charge is -2.26. The number of hydrogen-bond donors (Lipinski definition) is 2. The van der Waals surface area contributed by atoms with Crippen molar-refractivity contribution in [3.05, 3.63) is 33.8 Å². The molecule has 0 bridgehead atoms. The molecule has 2 rings (SSSR count). The first-order chi connectivity index (χ1) is 12.3. The van der Waals surface area contributed by atoms with Crippen LogP contribution < -0.4 is 10.6 Å². The fourth-order valence-corrected chi connectivity index (χ4v) is 5.31. The maximum absolute atomic E-state index is 12.4. The molecular formula is C16H24Cl2N4O2S2. The van der Waals surface area contributed by atoms with Crippen LogP contribution in [-0.2, 0) is 10.0 Å². The van der Waals surface area contributed by atoms with Gasteiger partial charge in [0.15, 0.2) is 5.96 Å². The third-order valence-corrected chi connectivity index (χ3v) is 7.59. The SMILES string of the molecule is CN=C(NCCS(=O)(=O)N1CCSCC1)NC(C)c1ccc(Cl)c(Cl)c1. The van der Waals surface area contributed by atoms with Gasteiger partial charge in [-0.2, -0.15) is 11.8 Å². The number of halogens is 2. The Morgan fingerprint density at radius 1 is 1.31 bits per heavy atom. The predicted molar refractivity (Wildman–Crippen MR) is 112 cm³/mol. The minimum atomic E-state index is -3.24. The molecule has 1 aromatic rings. The number of aliphatic imine (C=N–C) groups is 1. The summed E-state index contributed by atoms with van der Waals surface area (Å²) in [6, 6.07) is 5.37. The first kappa shape index (κ1) is 21.6. The van der Waals surface area contributed by atoms with Gasteiger partial charge in [-0.1, -0.05) is 29.3 Å². The number of thioether (sulfide) groups is 1. The van der Waals surface area contributed by atoms with E-state index in [9.17, 15) is 8.42 Å². The Hall–Kier alpha value is -0.670. The summed E-state index contributed by atoms with van der Waals surface area (Å²) in [5, 5.41) is 7.28. The van der Waals surface area contributed by atoms with Gasteiger partial charge in [0.2, 0.25) is 10.0 Å². The van der Waals surface area contributed by atoms with Gasteiger partial charge >= 0.3 is 0 Å². The molecule has 0 amide bonds. The maximum Gasteiger partial charge on any atom is 0.215 e. The van der Waals surface area contributed by atoms with E-state index in [1.165, 1.54) is 0 Å². The Morgan fingerprint density at radius 3 is 2.62 bits per heavy atom. The van der Waals surface area contributed by atoms with E-state index in [4.69, 9.17) is 23.2 Å². The predicted octanol–water partition coefficient (Wildman–Crippen LogP) is 2.60. The molecule has 1 fully saturated rings. The Bertz CT molecular complexity index is 738. The highest BCUT2D eigenvalue weighted by molar-refractivity contribution is 7.99. The number of nitrogens with zero attached hydrogens (tertiary/aromatic N) is 2. The Morgan fingerprint density at radius 2 is 2.00 bits per heavy atom. The minimum Gasteiger partial charge on any atom is -0.355 e. The molecule has 146 valence electrons. The molecular weight excluding hydrogens is 415 g/mol.